The van der Waals surface area contributed by atoms with Crippen molar-refractivity contribution in [1.29, 1.82) is 0 Å². The molecule has 3 aliphatic rings. The molecule has 2 unspecified atom stereocenters. The SMILES string of the molecule is O[C@@H]1CNC2(CC2)C(C2CC2(F)F)[C@H]1O. The molecular weight excluding hydrogens is 204 g/mol. The van der Waals surface area contributed by atoms with Crippen LogP contribution in [0.1, 0.15) is 19.3 Å². The standard InChI is InChI=1S/C10H15F2NO2/c11-10(12)3-5(10)7-8(15)6(14)4-13-9(7)1-2-9/h5-8,13-15H,1-4H2/t5?,6-,7?,8+/m1/s1. The minimum absolute atomic E-state index is 0.134. The lowest BCUT2D eigenvalue weighted by Crippen LogP contribution is -2.59. The third-order valence-electron chi connectivity index (χ3n) is 4.16. The van der Waals surface area contributed by atoms with Crippen LogP contribution in [0.4, 0.5) is 8.78 Å². The van der Waals surface area contributed by atoms with Gasteiger partial charge in [0.25, 0.3) is 5.92 Å². The molecule has 1 heterocycles. The van der Waals surface area contributed by atoms with E-state index in [9.17, 15) is 19.0 Å². The fourth-order valence-corrected chi connectivity index (χ4v) is 3.00. The number of rotatable bonds is 1. The van der Waals surface area contributed by atoms with Crippen molar-refractivity contribution in [3.8, 4) is 0 Å². The molecule has 4 atom stereocenters. The second-order valence-corrected chi connectivity index (χ2v) is 5.19. The maximum Gasteiger partial charge on any atom is 0.252 e. The molecule has 2 saturated carbocycles. The summed E-state index contributed by atoms with van der Waals surface area (Å²) in [5.74, 6) is -3.84. The molecule has 0 radical (unpaired) electrons. The summed E-state index contributed by atoms with van der Waals surface area (Å²) in [7, 11) is 0. The molecule has 3 N–H and O–H groups in total. The van der Waals surface area contributed by atoms with Gasteiger partial charge in [-0.2, -0.15) is 0 Å². The molecule has 3 nitrogen and oxygen atoms in total. The third-order valence-corrected chi connectivity index (χ3v) is 4.16. The first-order valence-electron chi connectivity index (χ1n) is 5.45. The van der Waals surface area contributed by atoms with E-state index in [1.54, 1.807) is 0 Å². The lowest BCUT2D eigenvalue weighted by atomic mass is 9.80. The lowest BCUT2D eigenvalue weighted by Gasteiger charge is -2.40. The summed E-state index contributed by atoms with van der Waals surface area (Å²) in [6, 6.07) is 0. The van der Waals surface area contributed by atoms with Crippen LogP contribution in [0.3, 0.4) is 0 Å². The van der Waals surface area contributed by atoms with E-state index in [2.05, 4.69) is 5.32 Å². The van der Waals surface area contributed by atoms with Crippen molar-refractivity contribution < 1.29 is 19.0 Å². The number of halogens is 2. The van der Waals surface area contributed by atoms with Crippen LogP contribution in [-0.2, 0) is 0 Å². The number of alkyl halides is 2. The quantitative estimate of drug-likeness (QED) is 0.587. The van der Waals surface area contributed by atoms with Crippen LogP contribution in [0.25, 0.3) is 0 Å². The number of hydrogen-bond acceptors (Lipinski definition) is 3. The molecular formula is C10H15F2NO2. The predicted octanol–water partition coefficient (Wildman–Crippen LogP) is 0.115. The van der Waals surface area contributed by atoms with E-state index in [-0.39, 0.29) is 12.0 Å². The van der Waals surface area contributed by atoms with Crippen molar-refractivity contribution in [2.24, 2.45) is 11.8 Å². The largest absolute Gasteiger partial charge is 0.390 e. The van der Waals surface area contributed by atoms with E-state index in [1.807, 2.05) is 0 Å². The molecule has 86 valence electrons. The van der Waals surface area contributed by atoms with Gasteiger partial charge in [0, 0.05) is 30.3 Å². The lowest BCUT2D eigenvalue weighted by molar-refractivity contribution is -0.0767. The highest BCUT2D eigenvalue weighted by atomic mass is 19.3. The molecule has 5 heteroatoms. The Hall–Kier alpha value is -0.260. The molecule has 1 saturated heterocycles. The summed E-state index contributed by atoms with van der Waals surface area (Å²) >= 11 is 0. The van der Waals surface area contributed by atoms with Gasteiger partial charge in [0.15, 0.2) is 0 Å². The van der Waals surface area contributed by atoms with Crippen molar-refractivity contribution >= 4 is 0 Å². The van der Waals surface area contributed by atoms with Crippen LogP contribution in [0.15, 0.2) is 0 Å². The van der Waals surface area contributed by atoms with E-state index < -0.39 is 30.0 Å². The fraction of sp³-hybridized carbons (Fsp3) is 1.00. The monoisotopic (exact) mass is 219 g/mol. The van der Waals surface area contributed by atoms with Gasteiger partial charge in [-0.15, -0.1) is 0 Å². The van der Waals surface area contributed by atoms with E-state index in [1.165, 1.54) is 0 Å². The van der Waals surface area contributed by atoms with Gasteiger partial charge in [0.2, 0.25) is 0 Å². The first-order chi connectivity index (χ1) is 6.96. The van der Waals surface area contributed by atoms with Gasteiger partial charge in [0.1, 0.15) is 0 Å². The van der Waals surface area contributed by atoms with Gasteiger partial charge in [-0.05, 0) is 12.8 Å². The summed E-state index contributed by atoms with van der Waals surface area (Å²) in [5, 5.41) is 22.4. The van der Waals surface area contributed by atoms with E-state index in [0.29, 0.717) is 6.54 Å². The normalized spacial score (nSPS) is 50.4. The van der Waals surface area contributed by atoms with Gasteiger partial charge < -0.3 is 15.5 Å². The Morgan fingerprint density at radius 2 is 1.80 bits per heavy atom. The topological polar surface area (TPSA) is 52.5 Å². The van der Waals surface area contributed by atoms with Crippen LogP contribution in [0, 0.1) is 11.8 Å². The van der Waals surface area contributed by atoms with Crippen molar-refractivity contribution in [2.75, 3.05) is 6.54 Å². The summed E-state index contributed by atoms with van der Waals surface area (Å²) in [4.78, 5) is 0. The summed E-state index contributed by atoms with van der Waals surface area (Å²) in [6.45, 7) is 0.315. The molecule has 15 heavy (non-hydrogen) atoms. The summed E-state index contributed by atoms with van der Waals surface area (Å²) in [5.41, 5.74) is -0.302. The summed E-state index contributed by atoms with van der Waals surface area (Å²) < 4.78 is 26.1. The van der Waals surface area contributed by atoms with Gasteiger partial charge in [-0.25, -0.2) is 8.78 Å². The maximum atomic E-state index is 13.0. The zero-order valence-corrected chi connectivity index (χ0v) is 8.29. The molecule has 3 rings (SSSR count). The van der Waals surface area contributed by atoms with Crippen LogP contribution >= 0.6 is 0 Å². The molecule has 1 spiro atoms. The minimum Gasteiger partial charge on any atom is -0.390 e. The molecule has 0 aromatic carbocycles. The minimum atomic E-state index is -2.63. The van der Waals surface area contributed by atoms with Crippen LogP contribution in [0.5, 0.6) is 0 Å². The number of nitrogens with one attached hydrogen (secondary N) is 1. The number of piperidine rings is 1. The Labute approximate surface area is 86.5 Å². The predicted molar refractivity (Wildman–Crippen MR) is 48.5 cm³/mol. The second kappa shape index (κ2) is 2.70. The second-order valence-electron chi connectivity index (χ2n) is 5.19. The van der Waals surface area contributed by atoms with Crippen molar-refractivity contribution in [1.82, 2.24) is 5.32 Å². The maximum absolute atomic E-state index is 13.0. The van der Waals surface area contributed by atoms with Gasteiger partial charge >= 0.3 is 0 Å². The number of hydrogen-bond donors (Lipinski definition) is 3. The smallest absolute Gasteiger partial charge is 0.252 e. The Bertz CT molecular complexity index is 291. The molecule has 0 aromatic heterocycles. The van der Waals surface area contributed by atoms with Gasteiger partial charge in [-0.1, -0.05) is 0 Å². The van der Waals surface area contributed by atoms with E-state index >= 15 is 0 Å². The Balaban J connectivity index is 1.83. The highest BCUT2D eigenvalue weighted by Gasteiger charge is 2.70. The molecule has 3 fully saturated rings. The van der Waals surface area contributed by atoms with Crippen molar-refractivity contribution in [3.05, 3.63) is 0 Å². The van der Waals surface area contributed by atoms with Gasteiger partial charge in [-0.3, -0.25) is 0 Å². The van der Waals surface area contributed by atoms with Crippen LogP contribution in [-0.4, -0.2) is 40.4 Å². The average Bonchev–Trinajstić information content (AvgIpc) is 3.03. The highest BCUT2D eigenvalue weighted by molar-refractivity contribution is 5.19. The Kier molecular flexibility index (Phi) is 1.79. The average molecular weight is 219 g/mol. The first-order valence-corrected chi connectivity index (χ1v) is 5.45. The number of aliphatic hydroxyl groups is 2. The summed E-state index contributed by atoms with van der Waals surface area (Å²) in [6.07, 6.45) is -0.350. The molecule has 0 amide bonds. The third kappa shape index (κ3) is 1.33. The highest BCUT2D eigenvalue weighted by Crippen LogP contribution is 2.62. The Morgan fingerprint density at radius 3 is 2.27 bits per heavy atom. The first kappa shape index (κ1) is 9.93. The van der Waals surface area contributed by atoms with Crippen LogP contribution in [0.2, 0.25) is 0 Å². The zero-order valence-electron chi connectivity index (χ0n) is 8.29. The van der Waals surface area contributed by atoms with Crippen molar-refractivity contribution in [3.63, 3.8) is 0 Å². The molecule has 0 bridgehead atoms. The van der Waals surface area contributed by atoms with Crippen molar-refractivity contribution in [2.45, 2.75) is 42.9 Å². The van der Waals surface area contributed by atoms with E-state index in [4.69, 9.17) is 0 Å². The molecule has 2 aliphatic carbocycles. The fourth-order valence-electron chi connectivity index (χ4n) is 3.00. The molecule has 0 aromatic rings. The number of β-amino-alcohol motifs (C(OH)–C–C–N with tert-alkyl or cyclic N) is 1. The zero-order chi connectivity index (χ0) is 10.8. The molecule has 1 aliphatic heterocycles. The Morgan fingerprint density at radius 1 is 1.20 bits per heavy atom. The van der Waals surface area contributed by atoms with Crippen LogP contribution < -0.4 is 5.32 Å². The number of aliphatic hydroxyl groups excluding tert-OH is 2. The van der Waals surface area contributed by atoms with E-state index in [0.717, 1.165) is 12.8 Å². The van der Waals surface area contributed by atoms with Gasteiger partial charge in [0.05, 0.1) is 12.2 Å².